The maximum Gasteiger partial charge on any atom is 0.332 e. The van der Waals surface area contributed by atoms with Gasteiger partial charge in [0.2, 0.25) is 0 Å². The van der Waals surface area contributed by atoms with Crippen LogP contribution in [0.15, 0.2) is 36.4 Å². The predicted molar refractivity (Wildman–Crippen MR) is 132 cm³/mol. The number of nitrogens with one attached hydrogen (secondary N) is 1. The van der Waals surface area contributed by atoms with Gasteiger partial charge in [0.05, 0.1) is 0 Å². The van der Waals surface area contributed by atoms with E-state index in [9.17, 15) is 23.9 Å². The van der Waals surface area contributed by atoms with Crippen LogP contribution in [0.4, 0.5) is 14.9 Å². The molecule has 9 heteroatoms. The molecule has 0 radical (unpaired) electrons. The number of nitrogens with two attached hydrogens (primary N) is 1. The predicted octanol–water partition coefficient (Wildman–Crippen LogP) is 3.61. The molecule has 8 nitrogen and oxygen atoms in total. The first-order valence-electron chi connectivity index (χ1n) is 11.3. The van der Waals surface area contributed by atoms with E-state index in [-0.39, 0.29) is 17.0 Å². The summed E-state index contributed by atoms with van der Waals surface area (Å²) in [7, 11) is 1.29. The number of carbonyl (C=O) groups excluding carboxylic acids is 3. The number of rotatable bonds is 3. The number of phenolic OH excluding ortho intramolecular Hbond substituents is 1. The zero-order chi connectivity index (χ0) is 26.5. The van der Waals surface area contributed by atoms with E-state index in [1.165, 1.54) is 31.3 Å². The second-order valence-corrected chi connectivity index (χ2v) is 10.9. The summed E-state index contributed by atoms with van der Waals surface area (Å²) in [5.74, 6) is -1.60. The maximum atomic E-state index is 13.4. The van der Waals surface area contributed by atoms with Gasteiger partial charge >= 0.3 is 6.03 Å². The lowest BCUT2D eigenvalue weighted by Gasteiger charge is -2.41. The molecule has 35 heavy (non-hydrogen) atoms. The number of carbonyl (C=O) groups is 3. The lowest BCUT2D eigenvalue weighted by molar-refractivity contribution is -0.130. The Labute approximate surface area is 204 Å². The number of hydrogen-bond acceptors (Lipinski definition) is 5. The number of aromatic hydroxyl groups is 1. The smallest absolute Gasteiger partial charge is 0.332 e. The number of urea groups is 1. The van der Waals surface area contributed by atoms with Crippen LogP contribution in [0.3, 0.4) is 0 Å². The molecule has 0 saturated carbocycles. The van der Waals surface area contributed by atoms with E-state index in [4.69, 9.17) is 5.73 Å². The van der Waals surface area contributed by atoms with E-state index in [0.717, 1.165) is 9.80 Å². The fourth-order valence-electron chi connectivity index (χ4n) is 4.05. The molecule has 2 atom stereocenters. The highest BCUT2D eigenvalue weighted by atomic mass is 19.1. The number of phenols is 1. The zero-order valence-electron chi connectivity index (χ0n) is 21.1. The van der Waals surface area contributed by atoms with Crippen LogP contribution in [0.5, 0.6) is 5.75 Å². The van der Waals surface area contributed by atoms with Gasteiger partial charge in [-0.3, -0.25) is 19.4 Å². The van der Waals surface area contributed by atoms with Crippen molar-refractivity contribution in [1.29, 1.82) is 0 Å². The highest BCUT2D eigenvalue weighted by molar-refractivity contribution is 6.10. The van der Waals surface area contributed by atoms with Gasteiger partial charge in [-0.25, -0.2) is 9.18 Å². The Kier molecular flexibility index (Phi) is 6.69. The molecule has 0 bridgehead atoms. The van der Waals surface area contributed by atoms with Crippen LogP contribution in [0.1, 0.15) is 63.0 Å². The summed E-state index contributed by atoms with van der Waals surface area (Å²) in [5.41, 5.74) is 7.11. The molecule has 2 aromatic rings. The van der Waals surface area contributed by atoms with Crippen molar-refractivity contribution in [2.24, 2.45) is 5.73 Å². The molecule has 2 aromatic carbocycles. The van der Waals surface area contributed by atoms with Crippen LogP contribution in [0.25, 0.3) is 0 Å². The van der Waals surface area contributed by atoms with Crippen molar-refractivity contribution in [2.45, 2.75) is 64.6 Å². The highest BCUT2D eigenvalue weighted by Gasteiger charge is 2.45. The van der Waals surface area contributed by atoms with Crippen molar-refractivity contribution in [3.8, 4) is 5.75 Å². The fraction of sp³-hybridized carbons (Fsp3) is 0.423. The van der Waals surface area contributed by atoms with Gasteiger partial charge in [0.15, 0.2) is 0 Å². The number of nitrogens with zero attached hydrogens (tertiary/aromatic N) is 2. The number of likely N-dealkylation sites (N-methyl/N-ethyl adjacent to an activating group) is 1. The molecule has 1 saturated heterocycles. The van der Waals surface area contributed by atoms with Crippen molar-refractivity contribution in [3.63, 3.8) is 0 Å². The largest absolute Gasteiger partial charge is 0.507 e. The van der Waals surface area contributed by atoms with Gasteiger partial charge in [-0.15, -0.1) is 0 Å². The molecule has 1 fully saturated rings. The third kappa shape index (κ3) is 5.00. The van der Waals surface area contributed by atoms with Gasteiger partial charge in [-0.2, -0.15) is 0 Å². The van der Waals surface area contributed by atoms with Gasteiger partial charge < -0.3 is 16.2 Å². The number of amides is 4. The molecule has 2 unspecified atom stereocenters. The summed E-state index contributed by atoms with van der Waals surface area (Å²) < 4.78 is 13.4. The minimum Gasteiger partial charge on any atom is -0.507 e. The molecule has 1 aliphatic rings. The molecular formula is C26H33FN4O4. The Morgan fingerprint density at radius 2 is 1.49 bits per heavy atom. The van der Waals surface area contributed by atoms with Crippen molar-refractivity contribution in [3.05, 3.63) is 58.9 Å². The second-order valence-electron chi connectivity index (χ2n) is 10.9. The molecule has 4 amide bonds. The Bertz CT molecular complexity index is 1130. The lowest BCUT2D eigenvalue weighted by Crippen LogP contribution is -2.71. The van der Waals surface area contributed by atoms with Crippen LogP contribution in [-0.4, -0.2) is 47.1 Å². The molecule has 1 aliphatic heterocycles. The summed E-state index contributed by atoms with van der Waals surface area (Å²) in [6, 6.07) is 6.38. The number of benzene rings is 2. The minimum absolute atomic E-state index is 0.125. The highest BCUT2D eigenvalue weighted by Crippen LogP contribution is 2.39. The zero-order valence-corrected chi connectivity index (χ0v) is 21.1. The number of halogens is 1. The minimum atomic E-state index is -1.25. The molecule has 1 heterocycles. The van der Waals surface area contributed by atoms with E-state index in [1.807, 2.05) is 41.5 Å². The van der Waals surface area contributed by atoms with E-state index in [2.05, 4.69) is 5.32 Å². The molecule has 0 aliphatic carbocycles. The van der Waals surface area contributed by atoms with Crippen molar-refractivity contribution < 1.29 is 23.9 Å². The molecule has 188 valence electrons. The number of hydrogen-bond donors (Lipinski definition) is 3. The second kappa shape index (κ2) is 8.96. The van der Waals surface area contributed by atoms with E-state index in [0.29, 0.717) is 11.1 Å². The normalized spacial score (nSPS) is 19.2. The summed E-state index contributed by atoms with van der Waals surface area (Å²) >= 11 is 0. The van der Waals surface area contributed by atoms with Gasteiger partial charge in [0.1, 0.15) is 23.8 Å². The molecule has 0 aromatic heterocycles. The van der Waals surface area contributed by atoms with Crippen LogP contribution < -0.4 is 16.0 Å². The first kappa shape index (κ1) is 26.2. The van der Waals surface area contributed by atoms with E-state index >= 15 is 0 Å². The van der Waals surface area contributed by atoms with Gasteiger partial charge in [-0.05, 0) is 47.2 Å². The monoisotopic (exact) mass is 484 g/mol. The number of anilines is 1. The van der Waals surface area contributed by atoms with Crippen molar-refractivity contribution in [1.82, 2.24) is 10.2 Å². The van der Waals surface area contributed by atoms with Gasteiger partial charge in [0.25, 0.3) is 11.8 Å². The topological polar surface area (TPSA) is 116 Å². The van der Waals surface area contributed by atoms with Crippen LogP contribution >= 0.6 is 0 Å². The maximum absolute atomic E-state index is 13.4. The van der Waals surface area contributed by atoms with E-state index < -0.39 is 46.7 Å². The van der Waals surface area contributed by atoms with Crippen molar-refractivity contribution >= 4 is 23.5 Å². The van der Waals surface area contributed by atoms with Crippen molar-refractivity contribution in [2.75, 3.05) is 11.9 Å². The summed E-state index contributed by atoms with van der Waals surface area (Å²) in [5, 5.41) is 13.6. The average Bonchev–Trinajstić information content (AvgIpc) is 2.75. The summed E-state index contributed by atoms with van der Waals surface area (Å²) in [6.07, 6.45) is -1.22. The third-order valence-electron chi connectivity index (χ3n) is 6.11. The molecule has 3 rings (SSSR count). The fourth-order valence-corrected chi connectivity index (χ4v) is 4.05. The Morgan fingerprint density at radius 3 is 1.94 bits per heavy atom. The first-order chi connectivity index (χ1) is 16.0. The quantitative estimate of drug-likeness (QED) is 0.616. The Balaban J connectivity index is 2.01. The summed E-state index contributed by atoms with van der Waals surface area (Å²) in [4.78, 5) is 41.1. The SMILES string of the molecule is CN1C(=O)C(NC(=O)c2cc(C(C)(C)C)c(O)c(C(C)(C)C)c2)C(N)N(c2ccc(F)cc2)C1=O. The third-order valence-corrected chi connectivity index (χ3v) is 6.11. The summed E-state index contributed by atoms with van der Waals surface area (Å²) in [6.45, 7) is 11.6. The van der Waals surface area contributed by atoms with Crippen LogP contribution in [-0.2, 0) is 15.6 Å². The van der Waals surface area contributed by atoms with Gasteiger partial charge in [-0.1, -0.05) is 41.5 Å². The lowest BCUT2D eigenvalue weighted by atomic mass is 9.78. The van der Waals surface area contributed by atoms with Crippen LogP contribution in [0.2, 0.25) is 0 Å². The Morgan fingerprint density at radius 1 is 1.00 bits per heavy atom. The average molecular weight is 485 g/mol. The molecular weight excluding hydrogens is 451 g/mol. The standard InChI is InChI=1S/C26H33FN4O4/c1-25(2,3)17-12-14(13-18(20(17)32)26(4,5)6)22(33)29-19-21(28)31(24(35)30(7)23(19)34)16-10-8-15(27)9-11-16/h8-13,19,21,32H,28H2,1-7H3,(H,29,33). The van der Waals surface area contributed by atoms with Crippen LogP contribution in [0, 0.1) is 5.82 Å². The Hall–Kier alpha value is -3.46. The van der Waals surface area contributed by atoms with E-state index in [1.54, 1.807) is 12.1 Å². The molecule has 0 spiro atoms. The first-order valence-corrected chi connectivity index (χ1v) is 11.3. The number of imide groups is 1. The van der Waals surface area contributed by atoms with Gasteiger partial charge in [0, 0.05) is 29.4 Å². The molecule has 4 N–H and O–H groups in total.